The first-order chi connectivity index (χ1) is 5.88. The van der Waals surface area contributed by atoms with Crippen molar-refractivity contribution in [2.24, 2.45) is 0 Å². The minimum absolute atomic E-state index is 0.582. The van der Waals surface area contributed by atoms with Crippen LogP contribution < -0.4 is 0 Å². The molecule has 2 heteroatoms. The molecular formula is C10H19NO. The molecule has 0 spiro atoms. The van der Waals surface area contributed by atoms with Crippen LogP contribution in [0.5, 0.6) is 0 Å². The molecule has 1 rings (SSSR count). The van der Waals surface area contributed by atoms with Crippen molar-refractivity contribution in [2.45, 2.75) is 46.5 Å². The summed E-state index contributed by atoms with van der Waals surface area (Å²) in [4.78, 5) is 0. The Bertz CT molecular complexity index is 166. The first-order valence-corrected chi connectivity index (χ1v) is 4.78. The third-order valence-corrected chi connectivity index (χ3v) is 1.86. The van der Waals surface area contributed by atoms with Gasteiger partial charge < -0.3 is 4.52 Å². The van der Waals surface area contributed by atoms with E-state index >= 15 is 0 Å². The fourth-order valence-corrected chi connectivity index (χ4v) is 1.14. The Labute approximate surface area is 75.0 Å². The molecule has 0 unspecified atom stereocenters. The number of hydrogen-bond acceptors (Lipinski definition) is 2. The van der Waals surface area contributed by atoms with Crippen LogP contribution in [0.4, 0.5) is 0 Å². The normalized spacial score (nSPS) is 9.42. The van der Waals surface area contributed by atoms with Crippen LogP contribution in [0.25, 0.3) is 0 Å². The third kappa shape index (κ3) is 3.07. The molecule has 0 bridgehead atoms. The standard InChI is InChI=1S/C8H13NO.C2H6/c1-3-7(4-2)8-5-6-10-9-8;1-2/h5-7H,3-4H2,1-2H3;1-2H3. The van der Waals surface area contributed by atoms with Gasteiger partial charge in [-0.05, 0) is 12.8 Å². The molecule has 0 aliphatic carbocycles. The molecule has 0 amide bonds. The summed E-state index contributed by atoms with van der Waals surface area (Å²) >= 11 is 0. The Balaban J connectivity index is 0.000000561. The van der Waals surface area contributed by atoms with Gasteiger partial charge in [0.05, 0.1) is 5.69 Å². The molecule has 0 aromatic carbocycles. The zero-order valence-electron chi connectivity index (χ0n) is 8.50. The van der Waals surface area contributed by atoms with Crippen LogP contribution in [0.2, 0.25) is 0 Å². The summed E-state index contributed by atoms with van der Waals surface area (Å²) in [6, 6.07) is 1.94. The lowest BCUT2D eigenvalue weighted by molar-refractivity contribution is 0.402. The minimum Gasteiger partial charge on any atom is -0.365 e. The predicted molar refractivity (Wildman–Crippen MR) is 51.2 cm³/mol. The summed E-state index contributed by atoms with van der Waals surface area (Å²) in [7, 11) is 0. The van der Waals surface area contributed by atoms with E-state index in [4.69, 9.17) is 4.52 Å². The van der Waals surface area contributed by atoms with Gasteiger partial charge in [-0.15, -0.1) is 0 Å². The highest BCUT2D eigenvalue weighted by Crippen LogP contribution is 2.20. The first-order valence-electron chi connectivity index (χ1n) is 4.78. The van der Waals surface area contributed by atoms with E-state index in [1.807, 2.05) is 19.9 Å². The van der Waals surface area contributed by atoms with Gasteiger partial charge in [0.1, 0.15) is 6.26 Å². The number of rotatable bonds is 3. The topological polar surface area (TPSA) is 26.0 Å². The van der Waals surface area contributed by atoms with Crippen molar-refractivity contribution in [1.82, 2.24) is 5.16 Å². The Kier molecular flexibility index (Phi) is 6.44. The molecular weight excluding hydrogens is 150 g/mol. The van der Waals surface area contributed by atoms with Crippen molar-refractivity contribution in [3.05, 3.63) is 18.0 Å². The van der Waals surface area contributed by atoms with Gasteiger partial charge in [0.2, 0.25) is 0 Å². The summed E-state index contributed by atoms with van der Waals surface area (Å²) < 4.78 is 4.75. The van der Waals surface area contributed by atoms with Crippen LogP contribution in [-0.2, 0) is 0 Å². The second-order valence-corrected chi connectivity index (χ2v) is 2.44. The molecule has 1 heterocycles. The highest BCUT2D eigenvalue weighted by Gasteiger charge is 2.08. The Morgan fingerprint density at radius 3 is 2.25 bits per heavy atom. The lowest BCUT2D eigenvalue weighted by atomic mass is 10.0. The monoisotopic (exact) mass is 169 g/mol. The van der Waals surface area contributed by atoms with E-state index in [9.17, 15) is 0 Å². The number of hydrogen-bond donors (Lipinski definition) is 0. The van der Waals surface area contributed by atoms with Gasteiger partial charge in [-0.2, -0.15) is 0 Å². The lowest BCUT2D eigenvalue weighted by Gasteiger charge is -2.05. The van der Waals surface area contributed by atoms with Crippen molar-refractivity contribution >= 4 is 0 Å². The molecule has 0 aliphatic rings. The SMILES string of the molecule is CC.CCC(CC)c1ccon1. The van der Waals surface area contributed by atoms with Crippen molar-refractivity contribution in [2.75, 3.05) is 0 Å². The molecule has 1 aromatic heterocycles. The van der Waals surface area contributed by atoms with Gasteiger partial charge in [0, 0.05) is 12.0 Å². The summed E-state index contributed by atoms with van der Waals surface area (Å²) in [5.41, 5.74) is 1.09. The highest BCUT2D eigenvalue weighted by molar-refractivity contribution is 5.02. The highest BCUT2D eigenvalue weighted by atomic mass is 16.5. The second-order valence-electron chi connectivity index (χ2n) is 2.44. The molecule has 0 saturated carbocycles. The van der Waals surface area contributed by atoms with Gasteiger partial charge in [-0.3, -0.25) is 0 Å². The Morgan fingerprint density at radius 1 is 1.33 bits per heavy atom. The van der Waals surface area contributed by atoms with Crippen LogP contribution in [0, 0.1) is 0 Å². The number of aromatic nitrogens is 1. The van der Waals surface area contributed by atoms with E-state index in [1.54, 1.807) is 6.26 Å². The van der Waals surface area contributed by atoms with Gasteiger partial charge in [-0.1, -0.05) is 32.9 Å². The summed E-state index contributed by atoms with van der Waals surface area (Å²) in [6.45, 7) is 8.34. The van der Waals surface area contributed by atoms with Crippen LogP contribution >= 0.6 is 0 Å². The molecule has 70 valence electrons. The molecule has 1 aromatic rings. The van der Waals surface area contributed by atoms with E-state index in [1.165, 1.54) is 0 Å². The Hall–Kier alpha value is -0.790. The molecule has 0 saturated heterocycles. The zero-order valence-corrected chi connectivity index (χ0v) is 8.50. The molecule has 12 heavy (non-hydrogen) atoms. The summed E-state index contributed by atoms with van der Waals surface area (Å²) in [5, 5.41) is 3.88. The fraction of sp³-hybridized carbons (Fsp3) is 0.700. The van der Waals surface area contributed by atoms with E-state index in [-0.39, 0.29) is 0 Å². The van der Waals surface area contributed by atoms with Crippen LogP contribution in [0.15, 0.2) is 16.9 Å². The number of nitrogens with zero attached hydrogens (tertiary/aromatic N) is 1. The largest absolute Gasteiger partial charge is 0.365 e. The second kappa shape index (κ2) is 6.89. The maximum absolute atomic E-state index is 4.75. The molecule has 0 aliphatic heterocycles. The van der Waals surface area contributed by atoms with E-state index in [0.717, 1.165) is 18.5 Å². The molecule has 0 N–H and O–H groups in total. The van der Waals surface area contributed by atoms with Crippen LogP contribution in [-0.4, -0.2) is 5.16 Å². The maximum atomic E-state index is 4.75. The van der Waals surface area contributed by atoms with Crippen LogP contribution in [0.3, 0.4) is 0 Å². The van der Waals surface area contributed by atoms with Gasteiger partial charge in [-0.25, -0.2) is 0 Å². The molecule has 0 radical (unpaired) electrons. The average Bonchev–Trinajstić information content (AvgIpc) is 2.64. The van der Waals surface area contributed by atoms with Gasteiger partial charge >= 0.3 is 0 Å². The molecule has 0 fully saturated rings. The van der Waals surface area contributed by atoms with Gasteiger partial charge in [0.25, 0.3) is 0 Å². The van der Waals surface area contributed by atoms with Gasteiger partial charge in [0.15, 0.2) is 0 Å². The van der Waals surface area contributed by atoms with Crippen molar-refractivity contribution in [1.29, 1.82) is 0 Å². The average molecular weight is 169 g/mol. The van der Waals surface area contributed by atoms with Crippen molar-refractivity contribution < 1.29 is 4.52 Å². The predicted octanol–water partition coefficient (Wildman–Crippen LogP) is 3.60. The fourth-order valence-electron chi connectivity index (χ4n) is 1.14. The third-order valence-electron chi connectivity index (χ3n) is 1.86. The summed E-state index contributed by atoms with van der Waals surface area (Å²) in [5.74, 6) is 0.582. The van der Waals surface area contributed by atoms with E-state index in [2.05, 4.69) is 19.0 Å². The van der Waals surface area contributed by atoms with E-state index in [0.29, 0.717) is 5.92 Å². The van der Waals surface area contributed by atoms with E-state index < -0.39 is 0 Å². The van der Waals surface area contributed by atoms with Crippen LogP contribution in [0.1, 0.15) is 52.1 Å². The smallest absolute Gasteiger partial charge is 0.124 e. The summed E-state index contributed by atoms with van der Waals surface area (Å²) in [6.07, 6.45) is 3.92. The van der Waals surface area contributed by atoms with Crippen molar-refractivity contribution in [3.63, 3.8) is 0 Å². The molecule has 2 nitrogen and oxygen atoms in total. The lowest BCUT2D eigenvalue weighted by Crippen LogP contribution is -1.94. The Morgan fingerprint density at radius 2 is 1.92 bits per heavy atom. The first kappa shape index (κ1) is 11.2. The quantitative estimate of drug-likeness (QED) is 0.691. The maximum Gasteiger partial charge on any atom is 0.124 e. The van der Waals surface area contributed by atoms with Crippen molar-refractivity contribution in [3.8, 4) is 0 Å². The minimum atomic E-state index is 0.582. The molecule has 0 atom stereocenters. The zero-order chi connectivity index (χ0) is 9.40.